The minimum Gasteiger partial charge on any atom is -0.328 e. The Labute approximate surface area is 108 Å². The summed E-state index contributed by atoms with van der Waals surface area (Å²) >= 11 is 1.37. The third-order valence-electron chi connectivity index (χ3n) is 3.44. The van der Waals surface area contributed by atoms with E-state index in [0.717, 1.165) is 11.4 Å². The van der Waals surface area contributed by atoms with Crippen LogP contribution in [0.2, 0.25) is 0 Å². The zero-order valence-corrected chi connectivity index (χ0v) is 10.5. The predicted molar refractivity (Wildman–Crippen MR) is 65.8 cm³/mol. The molecule has 0 radical (unpaired) electrons. The normalized spacial score (nSPS) is 20.1. The maximum Gasteiger partial charge on any atom is 0.248 e. The Morgan fingerprint density at radius 2 is 2.11 bits per heavy atom. The molecule has 0 unspecified atom stereocenters. The Kier molecular flexibility index (Phi) is 2.89. The number of hydrogen-bond donors (Lipinski definition) is 0. The van der Waals surface area contributed by atoms with Crippen LogP contribution in [-0.4, -0.2) is 19.8 Å². The van der Waals surface area contributed by atoms with Crippen LogP contribution < -0.4 is 0 Å². The number of halogens is 2. The SMILES string of the molecule is FC1(F)CCC(n2ccnc2-c2cnsc2)CC1. The second kappa shape index (κ2) is 4.42. The topological polar surface area (TPSA) is 30.7 Å². The van der Waals surface area contributed by atoms with Crippen LogP contribution in [0.5, 0.6) is 0 Å². The predicted octanol–water partition coefficient (Wildman–Crippen LogP) is 3.76. The molecule has 2 heterocycles. The molecule has 0 N–H and O–H groups in total. The lowest BCUT2D eigenvalue weighted by molar-refractivity contribution is -0.0438. The second-order valence-electron chi connectivity index (χ2n) is 4.66. The molecule has 1 saturated carbocycles. The number of nitrogens with zero attached hydrogens (tertiary/aromatic N) is 3. The van der Waals surface area contributed by atoms with Crippen LogP contribution in [0.25, 0.3) is 11.4 Å². The van der Waals surface area contributed by atoms with Gasteiger partial charge in [0.05, 0.1) is 6.20 Å². The highest BCUT2D eigenvalue weighted by atomic mass is 32.1. The van der Waals surface area contributed by atoms with E-state index >= 15 is 0 Å². The molecule has 6 heteroatoms. The van der Waals surface area contributed by atoms with Crippen molar-refractivity contribution in [2.75, 3.05) is 0 Å². The van der Waals surface area contributed by atoms with Crippen molar-refractivity contribution >= 4 is 11.5 Å². The molecular formula is C12H13F2N3S. The minimum atomic E-state index is -2.48. The lowest BCUT2D eigenvalue weighted by Gasteiger charge is -2.29. The van der Waals surface area contributed by atoms with Gasteiger partial charge in [-0.1, -0.05) is 0 Å². The molecule has 0 saturated heterocycles. The number of alkyl halides is 2. The van der Waals surface area contributed by atoms with Crippen molar-refractivity contribution in [3.8, 4) is 11.4 Å². The molecule has 2 aromatic heterocycles. The monoisotopic (exact) mass is 269 g/mol. The number of imidazole rings is 1. The summed E-state index contributed by atoms with van der Waals surface area (Å²) < 4.78 is 32.4. The first kappa shape index (κ1) is 11.8. The summed E-state index contributed by atoms with van der Waals surface area (Å²) in [6, 6.07) is 0.127. The van der Waals surface area contributed by atoms with Crippen LogP contribution in [0.15, 0.2) is 24.0 Å². The first-order valence-corrected chi connectivity index (χ1v) is 6.80. The molecule has 1 fully saturated rings. The number of hydrogen-bond acceptors (Lipinski definition) is 3. The fourth-order valence-corrected chi connectivity index (χ4v) is 2.96. The van der Waals surface area contributed by atoms with Crippen molar-refractivity contribution in [2.45, 2.75) is 37.6 Å². The summed E-state index contributed by atoms with van der Waals surface area (Å²) in [4.78, 5) is 4.31. The van der Waals surface area contributed by atoms with Crippen LogP contribution in [-0.2, 0) is 0 Å². The van der Waals surface area contributed by atoms with Crippen molar-refractivity contribution in [1.29, 1.82) is 0 Å². The van der Waals surface area contributed by atoms with E-state index in [1.54, 1.807) is 12.4 Å². The number of aromatic nitrogens is 3. The van der Waals surface area contributed by atoms with Gasteiger partial charge in [0, 0.05) is 42.2 Å². The molecule has 0 amide bonds. The van der Waals surface area contributed by atoms with E-state index in [-0.39, 0.29) is 18.9 Å². The van der Waals surface area contributed by atoms with Crippen molar-refractivity contribution in [1.82, 2.24) is 13.9 Å². The smallest absolute Gasteiger partial charge is 0.248 e. The summed E-state index contributed by atoms with van der Waals surface area (Å²) in [6.07, 6.45) is 6.32. The van der Waals surface area contributed by atoms with Gasteiger partial charge in [-0.05, 0) is 24.4 Å². The maximum absolute atomic E-state index is 13.2. The van der Waals surface area contributed by atoms with Gasteiger partial charge in [-0.2, -0.15) is 0 Å². The van der Waals surface area contributed by atoms with E-state index < -0.39 is 5.92 Å². The zero-order chi connectivity index (χ0) is 12.6. The zero-order valence-electron chi connectivity index (χ0n) is 9.72. The summed E-state index contributed by atoms with van der Waals surface area (Å²) in [5, 5.41) is 1.93. The molecule has 0 aromatic carbocycles. The van der Waals surface area contributed by atoms with E-state index in [1.807, 2.05) is 16.1 Å². The van der Waals surface area contributed by atoms with Crippen molar-refractivity contribution in [3.05, 3.63) is 24.0 Å². The molecule has 0 bridgehead atoms. The second-order valence-corrected chi connectivity index (χ2v) is 5.32. The highest BCUT2D eigenvalue weighted by Gasteiger charge is 2.35. The average Bonchev–Trinajstić information content (AvgIpc) is 2.99. The number of rotatable bonds is 2. The van der Waals surface area contributed by atoms with Crippen LogP contribution in [0.1, 0.15) is 31.7 Å². The van der Waals surface area contributed by atoms with Crippen LogP contribution in [0, 0.1) is 0 Å². The summed E-state index contributed by atoms with van der Waals surface area (Å²) in [6.45, 7) is 0. The van der Waals surface area contributed by atoms with E-state index in [2.05, 4.69) is 9.36 Å². The van der Waals surface area contributed by atoms with Crippen molar-refractivity contribution < 1.29 is 8.78 Å². The average molecular weight is 269 g/mol. The molecule has 0 atom stereocenters. The van der Waals surface area contributed by atoms with Crippen molar-refractivity contribution in [3.63, 3.8) is 0 Å². The first-order chi connectivity index (χ1) is 8.66. The van der Waals surface area contributed by atoms with Gasteiger partial charge in [0.2, 0.25) is 5.92 Å². The van der Waals surface area contributed by atoms with E-state index in [4.69, 9.17) is 0 Å². The summed E-state index contributed by atoms with van der Waals surface area (Å²) in [7, 11) is 0. The molecular weight excluding hydrogens is 256 g/mol. The van der Waals surface area contributed by atoms with Crippen molar-refractivity contribution in [2.24, 2.45) is 0 Å². The maximum atomic E-state index is 13.2. The Bertz CT molecular complexity index is 511. The largest absolute Gasteiger partial charge is 0.328 e. The molecule has 96 valence electrons. The van der Waals surface area contributed by atoms with Crippen LogP contribution in [0.4, 0.5) is 8.78 Å². The molecule has 3 rings (SSSR count). The molecule has 2 aromatic rings. The summed E-state index contributed by atoms with van der Waals surface area (Å²) in [5.74, 6) is -1.65. The van der Waals surface area contributed by atoms with Gasteiger partial charge < -0.3 is 4.57 Å². The Morgan fingerprint density at radius 1 is 1.33 bits per heavy atom. The van der Waals surface area contributed by atoms with Crippen LogP contribution in [0.3, 0.4) is 0 Å². The van der Waals surface area contributed by atoms with Crippen LogP contribution >= 0.6 is 11.5 Å². The molecule has 0 spiro atoms. The molecule has 1 aliphatic rings. The highest BCUT2D eigenvalue weighted by molar-refractivity contribution is 7.03. The molecule has 3 nitrogen and oxygen atoms in total. The van der Waals surface area contributed by atoms with Gasteiger partial charge in [-0.25, -0.2) is 18.1 Å². The van der Waals surface area contributed by atoms with E-state index in [1.165, 1.54) is 11.5 Å². The fourth-order valence-electron chi connectivity index (χ4n) is 2.45. The van der Waals surface area contributed by atoms with Gasteiger partial charge in [0.15, 0.2) is 0 Å². The fraction of sp³-hybridized carbons (Fsp3) is 0.500. The van der Waals surface area contributed by atoms with Gasteiger partial charge in [0.25, 0.3) is 0 Å². The lowest BCUT2D eigenvalue weighted by atomic mass is 9.92. The molecule has 0 aliphatic heterocycles. The third-order valence-corrected chi connectivity index (χ3v) is 4.03. The highest BCUT2D eigenvalue weighted by Crippen LogP contribution is 2.39. The van der Waals surface area contributed by atoms with E-state index in [0.29, 0.717) is 12.8 Å². The van der Waals surface area contributed by atoms with Gasteiger partial charge in [-0.15, -0.1) is 0 Å². The van der Waals surface area contributed by atoms with Gasteiger partial charge >= 0.3 is 0 Å². The van der Waals surface area contributed by atoms with Gasteiger partial charge in [-0.3, -0.25) is 0 Å². The molecule has 1 aliphatic carbocycles. The third kappa shape index (κ3) is 2.16. The standard InChI is InChI=1S/C12H13F2N3S/c13-12(14)3-1-10(2-4-12)17-6-5-15-11(17)9-7-16-18-8-9/h5-8,10H,1-4H2. The summed E-state index contributed by atoms with van der Waals surface area (Å²) in [5.41, 5.74) is 0.960. The Hall–Kier alpha value is -1.30. The quantitative estimate of drug-likeness (QED) is 0.831. The molecule has 18 heavy (non-hydrogen) atoms. The van der Waals surface area contributed by atoms with Gasteiger partial charge in [0.1, 0.15) is 5.82 Å². The lowest BCUT2D eigenvalue weighted by Crippen LogP contribution is -2.26. The first-order valence-electron chi connectivity index (χ1n) is 5.96. The van der Waals surface area contributed by atoms with E-state index in [9.17, 15) is 8.78 Å². The Balaban J connectivity index is 1.84. The minimum absolute atomic E-state index is 0.0306. The Morgan fingerprint density at radius 3 is 2.78 bits per heavy atom.